The van der Waals surface area contributed by atoms with Gasteiger partial charge in [0.2, 0.25) is 5.91 Å². The van der Waals surface area contributed by atoms with Gasteiger partial charge in [-0.1, -0.05) is 12.1 Å². The lowest BCUT2D eigenvalue weighted by Crippen LogP contribution is -2.13. The summed E-state index contributed by atoms with van der Waals surface area (Å²) < 4.78 is 10.5. The van der Waals surface area contributed by atoms with Gasteiger partial charge >= 0.3 is 0 Å². The summed E-state index contributed by atoms with van der Waals surface area (Å²) in [5.74, 6) is 0.281. The van der Waals surface area contributed by atoms with Crippen molar-refractivity contribution in [2.24, 2.45) is 5.73 Å². The molecule has 4 nitrogen and oxygen atoms in total. The average molecular weight is 205 g/mol. The maximum atomic E-state index is 10.8. The Hall–Kier alpha value is -1.97. The molecule has 0 fully saturated rings. The zero-order valence-corrected chi connectivity index (χ0v) is 8.32. The van der Waals surface area contributed by atoms with Crippen LogP contribution in [0.25, 0.3) is 11.0 Å². The molecule has 2 N–H and O–H groups in total. The molecule has 0 aliphatic heterocycles. The molecule has 78 valence electrons. The van der Waals surface area contributed by atoms with E-state index in [1.165, 1.54) is 6.26 Å². The number of hydrogen-bond acceptors (Lipinski definition) is 3. The monoisotopic (exact) mass is 205 g/mol. The number of primary amides is 1. The van der Waals surface area contributed by atoms with Gasteiger partial charge in [-0.3, -0.25) is 4.79 Å². The summed E-state index contributed by atoms with van der Waals surface area (Å²) >= 11 is 0. The molecule has 0 saturated heterocycles. The first-order valence-electron chi connectivity index (χ1n) is 4.53. The van der Waals surface area contributed by atoms with E-state index in [9.17, 15) is 4.79 Å². The molecule has 1 heterocycles. The lowest BCUT2D eigenvalue weighted by atomic mass is 10.1. The van der Waals surface area contributed by atoms with Crippen LogP contribution in [0.4, 0.5) is 0 Å². The molecule has 1 aromatic heterocycles. The molecule has 4 heteroatoms. The summed E-state index contributed by atoms with van der Waals surface area (Å²) in [5.41, 5.74) is 6.57. The number of furan rings is 1. The van der Waals surface area contributed by atoms with Crippen LogP contribution < -0.4 is 10.5 Å². The molecule has 1 amide bonds. The van der Waals surface area contributed by atoms with Gasteiger partial charge in [0.25, 0.3) is 0 Å². The number of hydrogen-bond donors (Lipinski definition) is 1. The Labute approximate surface area is 86.6 Å². The van der Waals surface area contributed by atoms with Gasteiger partial charge < -0.3 is 14.9 Å². The Morgan fingerprint density at radius 3 is 3.00 bits per heavy atom. The number of fused-ring (bicyclic) bond motifs is 1. The van der Waals surface area contributed by atoms with E-state index >= 15 is 0 Å². The molecule has 0 bridgehead atoms. The Bertz CT molecular complexity index is 502. The first kappa shape index (κ1) is 9.58. The molecular weight excluding hydrogens is 194 g/mol. The van der Waals surface area contributed by atoms with E-state index in [1.807, 2.05) is 12.1 Å². The molecule has 0 radical (unpaired) electrons. The Kier molecular flexibility index (Phi) is 2.33. The topological polar surface area (TPSA) is 65.5 Å². The molecule has 0 aliphatic carbocycles. The molecule has 2 aromatic rings. The highest BCUT2D eigenvalue weighted by molar-refractivity contribution is 5.90. The van der Waals surface area contributed by atoms with Crippen molar-refractivity contribution in [3.05, 3.63) is 30.0 Å². The number of rotatable bonds is 3. The quantitative estimate of drug-likeness (QED) is 0.825. The van der Waals surface area contributed by atoms with E-state index in [-0.39, 0.29) is 12.3 Å². The lowest BCUT2D eigenvalue weighted by Gasteiger charge is -1.99. The second kappa shape index (κ2) is 3.65. The molecule has 0 saturated carbocycles. The van der Waals surface area contributed by atoms with Crippen LogP contribution in [0.1, 0.15) is 5.56 Å². The van der Waals surface area contributed by atoms with Crippen LogP contribution >= 0.6 is 0 Å². The van der Waals surface area contributed by atoms with E-state index in [2.05, 4.69) is 0 Å². The number of amides is 1. The van der Waals surface area contributed by atoms with Crippen molar-refractivity contribution >= 4 is 16.9 Å². The molecule has 0 atom stereocenters. The van der Waals surface area contributed by atoms with Crippen molar-refractivity contribution in [2.75, 3.05) is 7.11 Å². The number of nitrogens with two attached hydrogens (primary N) is 1. The number of methoxy groups -OCH3 is 1. The molecular formula is C11H11NO3. The Balaban J connectivity index is 2.55. The number of carbonyl (C=O) groups excluding carboxylic acids is 1. The number of ether oxygens (including phenoxy) is 1. The number of para-hydroxylation sites is 1. The van der Waals surface area contributed by atoms with Gasteiger partial charge in [-0.25, -0.2) is 0 Å². The van der Waals surface area contributed by atoms with E-state index in [4.69, 9.17) is 14.9 Å². The van der Waals surface area contributed by atoms with Gasteiger partial charge in [0.15, 0.2) is 11.3 Å². The van der Waals surface area contributed by atoms with E-state index in [1.54, 1.807) is 13.2 Å². The van der Waals surface area contributed by atoms with E-state index in [0.29, 0.717) is 11.3 Å². The van der Waals surface area contributed by atoms with Gasteiger partial charge in [0, 0.05) is 10.9 Å². The summed E-state index contributed by atoms with van der Waals surface area (Å²) in [6, 6.07) is 5.53. The van der Waals surface area contributed by atoms with Gasteiger partial charge in [0.1, 0.15) is 0 Å². The first-order valence-corrected chi connectivity index (χ1v) is 4.53. The maximum Gasteiger partial charge on any atom is 0.221 e. The zero-order chi connectivity index (χ0) is 10.8. The molecule has 15 heavy (non-hydrogen) atoms. The molecule has 1 aromatic carbocycles. The summed E-state index contributed by atoms with van der Waals surface area (Å²) in [6.45, 7) is 0. The molecule has 0 aliphatic rings. The largest absolute Gasteiger partial charge is 0.493 e. The third kappa shape index (κ3) is 1.66. The minimum Gasteiger partial charge on any atom is -0.493 e. The third-order valence-electron chi connectivity index (χ3n) is 2.23. The summed E-state index contributed by atoms with van der Waals surface area (Å²) in [6.07, 6.45) is 1.72. The van der Waals surface area contributed by atoms with Crippen LogP contribution in [-0.2, 0) is 11.2 Å². The predicted octanol–water partition coefficient (Wildman–Crippen LogP) is 1.47. The van der Waals surface area contributed by atoms with Crippen LogP contribution in [0.15, 0.2) is 28.9 Å². The second-order valence-corrected chi connectivity index (χ2v) is 3.24. The maximum absolute atomic E-state index is 10.8. The van der Waals surface area contributed by atoms with Crippen LogP contribution in [-0.4, -0.2) is 13.0 Å². The van der Waals surface area contributed by atoms with Gasteiger partial charge in [-0.15, -0.1) is 0 Å². The lowest BCUT2D eigenvalue weighted by molar-refractivity contribution is -0.117. The minimum atomic E-state index is -0.375. The van der Waals surface area contributed by atoms with E-state index < -0.39 is 0 Å². The van der Waals surface area contributed by atoms with E-state index in [0.717, 1.165) is 10.9 Å². The summed E-state index contributed by atoms with van der Waals surface area (Å²) in [5, 5.41) is 0.869. The summed E-state index contributed by atoms with van der Waals surface area (Å²) in [4.78, 5) is 10.8. The third-order valence-corrected chi connectivity index (χ3v) is 2.23. The van der Waals surface area contributed by atoms with Gasteiger partial charge in [-0.2, -0.15) is 0 Å². The SMILES string of the molecule is COc1cccc2c(CC(N)=O)coc12. The molecule has 0 spiro atoms. The number of benzene rings is 1. The van der Waals surface area contributed by atoms with Crippen molar-refractivity contribution in [2.45, 2.75) is 6.42 Å². The fourth-order valence-electron chi connectivity index (χ4n) is 1.57. The first-order chi connectivity index (χ1) is 7.22. The van der Waals surface area contributed by atoms with Crippen molar-refractivity contribution in [1.29, 1.82) is 0 Å². The molecule has 0 unspecified atom stereocenters. The normalized spacial score (nSPS) is 10.5. The average Bonchev–Trinajstić information content (AvgIpc) is 2.61. The van der Waals surface area contributed by atoms with Crippen molar-refractivity contribution in [3.8, 4) is 5.75 Å². The highest BCUT2D eigenvalue weighted by atomic mass is 16.5. The van der Waals surface area contributed by atoms with Crippen molar-refractivity contribution in [3.63, 3.8) is 0 Å². The predicted molar refractivity (Wildman–Crippen MR) is 55.7 cm³/mol. The zero-order valence-electron chi connectivity index (χ0n) is 8.32. The fraction of sp³-hybridized carbons (Fsp3) is 0.182. The minimum absolute atomic E-state index is 0.181. The van der Waals surface area contributed by atoms with Crippen LogP contribution in [0.2, 0.25) is 0 Å². The van der Waals surface area contributed by atoms with Crippen LogP contribution in [0.5, 0.6) is 5.75 Å². The highest BCUT2D eigenvalue weighted by Gasteiger charge is 2.11. The fourth-order valence-corrected chi connectivity index (χ4v) is 1.57. The Morgan fingerprint density at radius 1 is 1.53 bits per heavy atom. The number of carbonyl (C=O) groups is 1. The van der Waals surface area contributed by atoms with Crippen molar-refractivity contribution in [1.82, 2.24) is 0 Å². The highest BCUT2D eigenvalue weighted by Crippen LogP contribution is 2.29. The second-order valence-electron chi connectivity index (χ2n) is 3.24. The van der Waals surface area contributed by atoms with Crippen molar-refractivity contribution < 1.29 is 13.9 Å². The van der Waals surface area contributed by atoms with Crippen LogP contribution in [0.3, 0.4) is 0 Å². The standard InChI is InChI=1S/C11H11NO3/c1-14-9-4-2-3-8-7(5-10(12)13)6-15-11(8)9/h2-4,6H,5H2,1H3,(H2,12,13). The smallest absolute Gasteiger partial charge is 0.221 e. The van der Waals surface area contributed by atoms with Crippen LogP contribution in [0, 0.1) is 0 Å². The van der Waals surface area contributed by atoms with Gasteiger partial charge in [-0.05, 0) is 6.07 Å². The Morgan fingerprint density at radius 2 is 2.33 bits per heavy atom. The molecule has 2 rings (SSSR count). The summed E-state index contributed by atoms with van der Waals surface area (Å²) in [7, 11) is 1.57. The van der Waals surface area contributed by atoms with Gasteiger partial charge in [0.05, 0.1) is 19.8 Å².